The number of rotatable bonds is 17. The fourth-order valence-electron chi connectivity index (χ4n) is 3.80. The molecule has 0 spiro atoms. The fraction of sp³-hybridized carbons (Fsp3) is 0.353. The van der Waals surface area contributed by atoms with E-state index in [4.69, 9.17) is 22.3 Å². The molecule has 0 aromatic heterocycles. The van der Waals surface area contributed by atoms with Gasteiger partial charge >= 0.3 is 11.9 Å². The van der Waals surface area contributed by atoms with Crippen LogP contribution in [0.4, 0.5) is 0 Å². The third-order valence-corrected chi connectivity index (χ3v) is 5.93. The molecule has 0 heterocycles. The number of carbonyl (C=O) groups excluding carboxylic acids is 2. The summed E-state index contributed by atoms with van der Waals surface area (Å²) in [5, 5.41) is 0. The molecular formula is C34H38O4. The minimum Gasteiger partial charge on any atom is -0.441 e. The second-order valence-electron chi connectivity index (χ2n) is 8.98. The van der Waals surface area contributed by atoms with Crippen LogP contribution in [0.2, 0.25) is 0 Å². The van der Waals surface area contributed by atoms with Gasteiger partial charge in [-0.15, -0.1) is 12.8 Å². The molecule has 0 aliphatic rings. The Hall–Kier alpha value is -4.02. The van der Waals surface area contributed by atoms with E-state index >= 15 is 0 Å². The SMILES string of the molecule is C#C[C@@H](/C=C/CCCCCCCCCC/C=C/[C@H](C#C)OC(=O)c1ccccc1)OC(=O)c1ccccc1. The second-order valence-corrected chi connectivity index (χ2v) is 8.98. The molecule has 2 rings (SSSR count). The van der Waals surface area contributed by atoms with Gasteiger partial charge in [0, 0.05) is 0 Å². The van der Waals surface area contributed by atoms with E-state index in [0.29, 0.717) is 11.1 Å². The monoisotopic (exact) mass is 510 g/mol. The van der Waals surface area contributed by atoms with Crippen molar-refractivity contribution in [2.75, 3.05) is 0 Å². The van der Waals surface area contributed by atoms with Crippen LogP contribution in [0.15, 0.2) is 85.0 Å². The molecule has 0 saturated carbocycles. The molecule has 0 bridgehead atoms. The fourth-order valence-corrected chi connectivity index (χ4v) is 3.80. The highest BCUT2D eigenvalue weighted by atomic mass is 16.5. The molecule has 38 heavy (non-hydrogen) atoms. The molecule has 0 amide bonds. The standard InChI is InChI=1S/C34H38O4/c1-3-31(37-33(35)29-23-17-15-18-24-29)27-21-13-11-9-7-5-6-8-10-12-14-22-28-32(4-2)38-34(36)30-25-19-16-20-26-30/h1-2,15-28,31-32H,5-14H2/b27-21+,28-22+/t31-,32-/m0/s1. The van der Waals surface area contributed by atoms with Crippen LogP contribution in [0.1, 0.15) is 84.9 Å². The van der Waals surface area contributed by atoms with Crippen molar-refractivity contribution in [2.45, 2.75) is 76.4 Å². The average Bonchev–Trinajstić information content (AvgIpc) is 2.96. The molecule has 4 heteroatoms. The molecule has 4 nitrogen and oxygen atoms in total. The largest absolute Gasteiger partial charge is 0.441 e. The molecule has 0 N–H and O–H groups in total. The maximum absolute atomic E-state index is 12.1. The Kier molecular flexibility index (Phi) is 15.2. The van der Waals surface area contributed by atoms with E-state index in [9.17, 15) is 9.59 Å². The van der Waals surface area contributed by atoms with Gasteiger partial charge in [-0.25, -0.2) is 9.59 Å². The number of esters is 2. The highest BCUT2D eigenvalue weighted by Crippen LogP contribution is 2.12. The van der Waals surface area contributed by atoms with Gasteiger partial charge < -0.3 is 9.47 Å². The third-order valence-electron chi connectivity index (χ3n) is 5.93. The summed E-state index contributed by atoms with van der Waals surface area (Å²) in [6, 6.07) is 17.7. The first-order valence-electron chi connectivity index (χ1n) is 13.4. The summed E-state index contributed by atoms with van der Waals surface area (Å²) in [7, 11) is 0. The van der Waals surface area contributed by atoms with E-state index in [0.717, 1.165) is 25.7 Å². The molecule has 0 aliphatic heterocycles. The van der Waals surface area contributed by atoms with Crippen LogP contribution in [-0.2, 0) is 9.47 Å². The summed E-state index contributed by atoms with van der Waals surface area (Å²) < 4.78 is 10.7. The lowest BCUT2D eigenvalue weighted by Crippen LogP contribution is -2.14. The van der Waals surface area contributed by atoms with Gasteiger partial charge in [0.25, 0.3) is 0 Å². The van der Waals surface area contributed by atoms with E-state index < -0.39 is 24.1 Å². The van der Waals surface area contributed by atoms with E-state index in [2.05, 4.69) is 11.8 Å². The summed E-state index contributed by atoms with van der Waals surface area (Å²) in [6.07, 6.45) is 28.6. The zero-order valence-electron chi connectivity index (χ0n) is 22.1. The first kappa shape index (κ1) is 30.2. The van der Waals surface area contributed by atoms with Crippen molar-refractivity contribution in [1.82, 2.24) is 0 Å². The van der Waals surface area contributed by atoms with Crippen LogP contribution in [0.3, 0.4) is 0 Å². The first-order chi connectivity index (χ1) is 18.6. The molecule has 0 fully saturated rings. The molecule has 2 atom stereocenters. The van der Waals surface area contributed by atoms with E-state index in [1.54, 1.807) is 60.7 Å². The minimum atomic E-state index is -0.640. The highest BCUT2D eigenvalue weighted by Gasteiger charge is 2.11. The van der Waals surface area contributed by atoms with Crippen molar-refractivity contribution in [3.8, 4) is 24.7 Å². The molecular weight excluding hydrogens is 472 g/mol. The van der Waals surface area contributed by atoms with Crippen molar-refractivity contribution in [1.29, 1.82) is 0 Å². The number of hydrogen-bond acceptors (Lipinski definition) is 4. The number of benzene rings is 2. The molecule has 2 aromatic carbocycles. The maximum Gasteiger partial charge on any atom is 0.339 e. The lowest BCUT2D eigenvalue weighted by Gasteiger charge is -2.08. The molecule has 198 valence electrons. The molecule has 0 saturated heterocycles. The Labute approximate surface area is 228 Å². The van der Waals surface area contributed by atoms with Crippen LogP contribution >= 0.6 is 0 Å². The van der Waals surface area contributed by atoms with Crippen LogP contribution in [0.25, 0.3) is 0 Å². The van der Waals surface area contributed by atoms with Crippen molar-refractivity contribution < 1.29 is 19.1 Å². The number of allylic oxidation sites excluding steroid dienone is 2. The number of hydrogen-bond donors (Lipinski definition) is 0. The summed E-state index contributed by atoms with van der Waals surface area (Å²) in [6.45, 7) is 0. The summed E-state index contributed by atoms with van der Waals surface area (Å²) >= 11 is 0. The summed E-state index contributed by atoms with van der Waals surface area (Å²) in [5.41, 5.74) is 0.994. The Morgan fingerprint density at radius 3 is 1.29 bits per heavy atom. The number of ether oxygens (including phenoxy) is 2. The van der Waals surface area contributed by atoms with Gasteiger partial charge in [0.05, 0.1) is 11.1 Å². The average molecular weight is 511 g/mol. The van der Waals surface area contributed by atoms with Gasteiger partial charge in [-0.05, 0) is 62.1 Å². The quantitative estimate of drug-likeness (QED) is 0.0946. The zero-order valence-corrected chi connectivity index (χ0v) is 22.1. The van der Waals surface area contributed by atoms with Gasteiger partial charge in [0.2, 0.25) is 0 Å². The Morgan fingerprint density at radius 2 is 0.947 bits per heavy atom. The first-order valence-corrected chi connectivity index (χ1v) is 13.4. The van der Waals surface area contributed by atoms with Crippen molar-refractivity contribution in [2.24, 2.45) is 0 Å². The predicted molar refractivity (Wildman–Crippen MR) is 153 cm³/mol. The summed E-state index contributed by atoms with van der Waals surface area (Å²) in [5.74, 6) is 4.20. The number of carbonyl (C=O) groups is 2. The van der Waals surface area contributed by atoms with Gasteiger partial charge in [-0.2, -0.15) is 0 Å². The van der Waals surface area contributed by atoms with Gasteiger partial charge in [-0.1, -0.05) is 98.9 Å². The smallest absolute Gasteiger partial charge is 0.339 e. The van der Waals surface area contributed by atoms with Gasteiger partial charge in [0.1, 0.15) is 0 Å². The second kappa shape index (κ2) is 19.1. The van der Waals surface area contributed by atoms with Crippen LogP contribution < -0.4 is 0 Å². The molecule has 0 aliphatic carbocycles. The topological polar surface area (TPSA) is 52.6 Å². The lowest BCUT2D eigenvalue weighted by atomic mass is 10.1. The Balaban J connectivity index is 1.45. The number of unbranched alkanes of at least 4 members (excludes halogenated alkanes) is 9. The summed E-state index contributed by atoms with van der Waals surface area (Å²) in [4.78, 5) is 24.2. The minimum absolute atomic E-state index is 0.407. The predicted octanol–water partition coefficient (Wildman–Crippen LogP) is 7.72. The van der Waals surface area contributed by atoms with Crippen molar-refractivity contribution in [3.05, 3.63) is 96.1 Å². The third kappa shape index (κ3) is 12.8. The molecule has 2 aromatic rings. The van der Waals surface area contributed by atoms with Crippen molar-refractivity contribution >= 4 is 11.9 Å². The lowest BCUT2D eigenvalue weighted by molar-refractivity contribution is 0.0465. The van der Waals surface area contributed by atoms with Gasteiger partial charge in [-0.3, -0.25) is 0 Å². The van der Waals surface area contributed by atoms with Crippen LogP contribution in [-0.4, -0.2) is 24.1 Å². The normalized spacial score (nSPS) is 12.5. The number of terminal acetylenes is 2. The highest BCUT2D eigenvalue weighted by molar-refractivity contribution is 5.90. The van der Waals surface area contributed by atoms with Crippen LogP contribution in [0, 0.1) is 24.7 Å². The zero-order chi connectivity index (χ0) is 27.3. The maximum atomic E-state index is 12.1. The van der Waals surface area contributed by atoms with E-state index in [1.165, 1.54) is 38.5 Å². The Bertz CT molecular complexity index is 997. The van der Waals surface area contributed by atoms with Crippen molar-refractivity contribution in [3.63, 3.8) is 0 Å². The molecule has 0 unspecified atom stereocenters. The van der Waals surface area contributed by atoms with E-state index in [-0.39, 0.29) is 0 Å². The van der Waals surface area contributed by atoms with Crippen LogP contribution in [0.5, 0.6) is 0 Å². The van der Waals surface area contributed by atoms with E-state index in [1.807, 2.05) is 24.3 Å². The Morgan fingerprint density at radius 1 is 0.605 bits per heavy atom. The van der Waals surface area contributed by atoms with Gasteiger partial charge in [0.15, 0.2) is 12.2 Å². The molecule has 0 radical (unpaired) electrons.